The van der Waals surface area contributed by atoms with E-state index in [9.17, 15) is 29.1 Å². The molecule has 1 saturated heterocycles. The number of anilines is 3. The van der Waals surface area contributed by atoms with Crippen LogP contribution in [0.5, 0.6) is 0 Å². The Morgan fingerprint density at radius 3 is 1.69 bits per heavy atom. The van der Waals surface area contributed by atoms with Gasteiger partial charge in [-0.2, -0.15) is 10.2 Å². The quantitative estimate of drug-likeness (QED) is 0.0544. The summed E-state index contributed by atoms with van der Waals surface area (Å²) in [5.41, 5.74) is 2.38. The Balaban J connectivity index is 0.000000300. The Morgan fingerprint density at radius 1 is 0.746 bits per heavy atom. The fourth-order valence-corrected chi connectivity index (χ4v) is 7.52. The predicted molar refractivity (Wildman–Crippen MR) is 267 cm³/mol. The first-order valence-electron chi connectivity index (χ1n) is 23.8. The van der Waals surface area contributed by atoms with Crippen molar-refractivity contribution in [3.63, 3.8) is 0 Å². The molecule has 1 aliphatic heterocycles. The molecule has 3 amide bonds. The van der Waals surface area contributed by atoms with Crippen LogP contribution in [0.1, 0.15) is 131 Å². The van der Waals surface area contributed by atoms with Crippen molar-refractivity contribution >= 4 is 51.8 Å². The predicted octanol–water partition coefficient (Wildman–Crippen LogP) is 7.74. The zero-order chi connectivity index (χ0) is 51.7. The number of aromatic carboxylic acids is 1. The largest absolute Gasteiger partial charge is 0.477 e. The van der Waals surface area contributed by atoms with Crippen molar-refractivity contribution in [2.45, 2.75) is 106 Å². The summed E-state index contributed by atoms with van der Waals surface area (Å²) in [4.78, 5) is 74.5. The van der Waals surface area contributed by atoms with Crippen molar-refractivity contribution in [2.24, 2.45) is 11.8 Å². The molecular weight excluding hydrogens is 914 g/mol. The Morgan fingerprint density at radius 2 is 1.24 bits per heavy atom. The molecule has 1 unspecified atom stereocenters. The number of carbonyl (C=O) groups is 4. The van der Waals surface area contributed by atoms with Crippen LogP contribution in [0.2, 0.25) is 0 Å². The number of fused-ring (bicyclic) bond motifs is 1. The molecule has 378 valence electrons. The first-order chi connectivity index (χ1) is 33.8. The third-order valence-electron chi connectivity index (χ3n) is 13.0. The van der Waals surface area contributed by atoms with Gasteiger partial charge in [0.25, 0.3) is 0 Å². The second-order valence-electron chi connectivity index (χ2n) is 18.5. The van der Waals surface area contributed by atoms with Crippen LogP contribution in [-0.2, 0) is 34.1 Å². The van der Waals surface area contributed by atoms with Crippen LogP contribution < -0.4 is 21.0 Å². The number of aromatic amines is 2. The van der Waals surface area contributed by atoms with E-state index in [4.69, 9.17) is 9.84 Å². The molecule has 6 aromatic rings. The highest BCUT2D eigenvalue weighted by atomic mass is 19.1. The Labute approximate surface area is 411 Å². The van der Waals surface area contributed by atoms with Crippen molar-refractivity contribution in [1.82, 2.24) is 39.8 Å². The van der Waals surface area contributed by atoms with E-state index in [1.165, 1.54) is 6.20 Å². The molecule has 1 aliphatic rings. The molecule has 4 atom stereocenters. The maximum atomic E-state index is 15.2. The minimum Gasteiger partial charge on any atom is -0.477 e. The second kappa shape index (κ2) is 23.4. The van der Waals surface area contributed by atoms with Crippen LogP contribution in [0.15, 0.2) is 71.7 Å². The van der Waals surface area contributed by atoms with Crippen molar-refractivity contribution in [1.29, 1.82) is 0 Å². The molecule has 0 aliphatic carbocycles. The number of nitrogens with one attached hydrogen (secondary N) is 4. The number of ether oxygens (including phenoxy) is 1. The van der Waals surface area contributed by atoms with Gasteiger partial charge in [-0.1, -0.05) is 65.8 Å². The highest BCUT2D eigenvalue weighted by Gasteiger charge is 2.27. The lowest BCUT2D eigenvalue weighted by Gasteiger charge is -2.35. The SMILES string of the molecule is CC(C)[C@H](C)c1n[nH]c([C@@H](C)C(=O)Nc2ccc(CO)cc2)n1.CCn1cc(C(=O)O)c(=O)c2cc(F)c(N3CCN(C(=O)OCc4ccc(NC(=O)C(C)c5nc([C@@H](C)C(C)C)n[nH]5)cc4)CC3)cc21. The Hall–Kier alpha value is -7.48. The molecular formula is C51H64FN11O8. The first-order valence-corrected chi connectivity index (χ1v) is 23.8. The van der Waals surface area contributed by atoms with Crippen LogP contribution in [0.25, 0.3) is 10.9 Å². The number of hydrogen-bond acceptors (Lipinski definition) is 12. The molecule has 3 aromatic heterocycles. The normalized spacial score (nSPS) is 14.4. The number of carbonyl (C=O) groups excluding carboxylic acids is 3. The molecule has 19 nitrogen and oxygen atoms in total. The summed E-state index contributed by atoms with van der Waals surface area (Å²) in [6.07, 6.45) is 0.773. The van der Waals surface area contributed by atoms with Crippen LogP contribution in [0.3, 0.4) is 0 Å². The maximum absolute atomic E-state index is 15.2. The standard InChI is InChI=1S/C34H40FN7O6.C17H24N4O2/c1-6-40-17-25(33(45)46)29(43)24-15-26(35)28(16-27(24)40)41-11-13-42(14-12-41)34(47)48-18-22-7-9-23(10-8-22)36-32(44)21(5)31-37-30(38-39-31)20(4)19(2)3;1-10(2)11(3)15-19-16(21-20-15)12(4)17(23)18-14-7-5-13(9-22)6-8-14/h7-10,15-17,19-21H,6,11-14,18H2,1-5H3,(H,36,44)(H,45,46)(H,37,38,39);5-8,10-12,22H,9H2,1-4H3,(H,18,23)(H,19,20,21)/t20-,21?;11-,12+/m00/s1. The van der Waals surface area contributed by atoms with Gasteiger partial charge in [-0.15, -0.1) is 0 Å². The summed E-state index contributed by atoms with van der Waals surface area (Å²) in [7, 11) is 0. The highest BCUT2D eigenvalue weighted by molar-refractivity contribution is 5.96. The Bertz CT molecular complexity index is 2870. The number of aryl methyl sites for hydroxylation is 1. The van der Waals surface area contributed by atoms with Gasteiger partial charge < -0.3 is 40.0 Å². The van der Waals surface area contributed by atoms with Crippen molar-refractivity contribution in [2.75, 3.05) is 41.7 Å². The van der Waals surface area contributed by atoms with E-state index in [-0.39, 0.29) is 47.9 Å². The van der Waals surface area contributed by atoms with Gasteiger partial charge in [0.05, 0.1) is 29.6 Å². The van der Waals surface area contributed by atoms with E-state index < -0.39 is 40.7 Å². The maximum Gasteiger partial charge on any atom is 0.410 e. The van der Waals surface area contributed by atoms with Gasteiger partial charge in [-0.05, 0) is 80.1 Å². The number of aromatic nitrogens is 7. The van der Waals surface area contributed by atoms with Gasteiger partial charge >= 0.3 is 12.1 Å². The van der Waals surface area contributed by atoms with Crippen molar-refractivity contribution < 1.29 is 38.5 Å². The number of carboxylic acid groups (broad SMARTS) is 1. The fourth-order valence-electron chi connectivity index (χ4n) is 7.52. The molecule has 0 spiro atoms. The molecule has 3 aromatic carbocycles. The number of amides is 3. The molecule has 6 N–H and O–H groups in total. The molecule has 0 bridgehead atoms. The van der Waals surface area contributed by atoms with Crippen LogP contribution in [0, 0.1) is 17.7 Å². The molecule has 7 rings (SSSR count). The average molecular weight is 978 g/mol. The lowest BCUT2D eigenvalue weighted by Crippen LogP contribution is -2.49. The minimum absolute atomic E-state index is 0.00178. The molecule has 4 heterocycles. The summed E-state index contributed by atoms with van der Waals surface area (Å²) >= 11 is 0. The summed E-state index contributed by atoms with van der Waals surface area (Å²) in [6.45, 7) is 19.6. The molecule has 0 radical (unpaired) electrons. The smallest absolute Gasteiger partial charge is 0.410 e. The number of aliphatic hydroxyl groups excluding tert-OH is 1. The third-order valence-corrected chi connectivity index (χ3v) is 13.0. The topological polar surface area (TPSA) is 254 Å². The average Bonchev–Trinajstić information content (AvgIpc) is 4.07. The molecule has 1 fully saturated rings. The van der Waals surface area contributed by atoms with Crippen LogP contribution >= 0.6 is 0 Å². The number of hydrogen-bond donors (Lipinski definition) is 6. The van der Waals surface area contributed by atoms with Crippen molar-refractivity contribution in [3.05, 3.63) is 123 Å². The lowest BCUT2D eigenvalue weighted by molar-refractivity contribution is -0.118. The van der Waals surface area contributed by atoms with Gasteiger partial charge in [0, 0.05) is 67.5 Å². The summed E-state index contributed by atoms with van der Waals surface area (Å²) in [5.74, 6) is 0.357. The summed E-state index contributed by atoms with van der Waals surface area (Å²) in [5, 5.41) is 38.4. The monoisotopic (exact) mass is 977 g/mol. The molecule has 20 heteroatoms. The van der Waals surface area contributed by atoms with Gasteiger partial charge in [-0.3, -0.25) is 24.6 Å². The zero-order valence-corrected chi connectivity index (χ0v) is 41.6. The molecule has 0 saturated carbocycles. The summed E-state index contributed by atoms with van der Waals surface area (Å²) in [6, 6.07) is 16.7. The minimum atomic E-state index is -1.36. The number of pyridine rings is 1. The number of piperazine rings is 1. The number of halogens is 1. The Kier molecular flexibility index (Phi) is 17.4. The number of nitrogens with zero attached hydrogens (tertiary/aromatic N) is 7. The van der Waals surface area contributed by atoms with Crippen LogP contribution in [-0.4, -0.2) is 100 Å². The second-order valence-corrected chi connectivity index (χ2v) is 18.5. The summed E-state index contributed by atoms with van der Waals surface area (Å²) < 4.78 is 22.3. The van der Waals surface area contributed by atoms with E-state index in [2.05, 4.69) is 75.6 Å². The highest BCUT2D eigenvalue weighted by Crippen LogP contribution is 2.28. The van der Waals surface area contributed by atoms with E-state index in [1.54, 1.807) is 89.7 Å². The van der Waals surface area contributed by atoms with Crippen molar-refractivity contribution in [3.8, 4) is 0 Å². The lowest BCUT2D eigenvalue weighted by atomic mass is 9.98. The fraction of sp³-hybridized carbons (Fsp3) is 0.431. The van der Waals surface area contributed by atoms with E-state index >= 15 is 4.39 Å². The van der Waals surface area contributed by atoms with Gasteiger partial charge in [0.1, 0.15) is 29.6 Å². The van der Waals surface area contributed by atoms with Gasteiger partial charge in [0.2, 0.25) is 17.2 Å². The third kappa shape index (κ3) is 12.8. The number of carboxylic acids is 1. The van der Waals surface area contributed by atoms with E-state index in [0.717, 1.165) is 23.0 Å². The van der Waals surface area contributed by atoms with E-state index in [1.807, 2.05) is 6.92 Å². The molecule has 71 heavy (non-hydrogen) atoms. The van der Waals surface area contributed by atoms with E-state index in [0.29, 0.717) is 78.9 Å². The van der Waals surface area contributed by atoms with Gasteiger partial charge in [-0.25, -0.2) is 23.9 Å². The zero-order valence-electron chi connectivity index (χ0n) is 41.6. The number of rotatable bonds is 16. The number of benzene rings is 3. The number of aliphatic hydroxyl groups is 1. The van der Waals surface area contributed by atoms with Crippen LogP contribution in [0.4, 0.5) is 26.2 Å². The first kappa shape index (κ1) is 52.9. The van der Waals surface area contributed by atoms with Gasteiger partial charge in [0.15, 0.2) is 11.6 Å². The number of H-pyrrole nitrogens is 2.